The topological polar surface area (TPSA) is 82.1 Å². The molecule has 0 N–H and O–H groups in total. The van der Waals surface area contributed by atoms with Crippen molar-refractivity contribution in [2.24, 2.45) is 0 Å². The Hall–Kier alpha value is -3.19. The lowest BCUT2D eigenvalue weighted by Crippen LogP contribution is -2.29. The molecule has 0 fully saturated rings. The van der Waals surface area contributed by atoms with Gasteiger partial charge in [-0.2, -0.15) is 0 Å². The molecule has 7 nitrogen and oxygen atoms in total. The van der Waals surface area contributed by atoms with Crippen LogP contribution in [0.5, 0.6) is 5.75 Å². The van der Waals surface area contributed by atoms with Crippen LogP contribution in [-0.2, 0) is 21.0 Å². The number of ether oxygens (including phenoxy) is 2. The smallest absolute Gasteiger partial charge is 0.305 e. The molecule has 2 amide bonds. The summed E-state index contributed by atoms with van der Waals surface area (Å²) in [4.78, 5) is 41.2. The van der Waals surface area contributed by atoms with Gasteiger partial charge in [0.15, 0.2) is 0 Å². The normalized spacial score (nSPS) is 12.8. The van der Waals surface area contributed by atoms with Crippen molar-refractivity contribution in [3.63, 3.8) is 0 Å². The third kappa shape index (κ3) is 4.55. The maximum Gasteiger partial charge on any atom is 0.305 e. The number of hydrogen-bond donors (Lipinski definition) is 0. The van der Waals surface area contributed by atoms with Gasteiger partial charge in [-0.15, -0.1) is 5.06 Å². The van der Waals surface area contributed by atoms with Gasteiger partial charge < -0.3 is 9.47 Å². The lowest BCUT2D eigenvalue weighted by Gasteiger charge is -2.13. The van der Waals surface area contributed by atoms with E-state index in [0.29, 0.717) is 42.9 Å². The second kappa shape index (κ2) is 9.14. The van der Waals surface area contributed by atoms with Crippen molar-refractivity contribution in [3.8, 4) is 5.75 Å². The number of nitrogens with zero attached hydrogens (tertiary/aromatic N) is 1. The van der Waals surface area contributed by atoms with Gasteiger partial charge in [-0.1, -0.05) is 24.3 Å². The lowest BCUT2D eigenvalue weighted by molar-refractivity contribution is -0.143. The predicted octanol–water partition coefficient (Wildman–Crippen LogP) is 3.14. The molecule has 146 valence electrons. The number of esters is 1. The second-order valence-corrected chi connectivity index (χ2v) is 6.12. The zero-order valence-corrected chi connectivity index (χ0v) is 15.6. The molecule has 2 aromatic carbocycles. The summed E-state index contributed by atoms with van der Waals surface area (Å²) >= 11 is 0. The average molecular weight is 383 g/mol. The van der Waals surface area contributed by atoms with Gasteiger partial charge in [0, 0.05) is 6.42 Å². The van der Waals surface area contributed by atoms with Gasteiger partial charge in [0.1, 0.15) is 12.4 Å². The zero-order valence-electron chi connectivity index (χ0n) is 15.6. The van der Waals surface area contributed by atoms with Gasteiger partial charge in [-0.05, 0) is 43.2 Å². The Morgan fingerprint density at radius 1 is 0.964 bits per heavy atom. The Balaban J connectivity index is 1.46. The first-order chi connectivity index (χ1) is 13.6. The van der Waals surface area contributed by atoms with Crippen molar-refractivity contribution >= 4 is 17.8 Å². The van der Waals surface area contributed by atoms with Crippen molar-refractivity contribution in [2.45, 2.75) is 26.4 Å². The Morgan fingerprint density at radius 3 is 2.21 bits per heavy atom. The van der Waals surface area contributed by atoms with Crippen LogP contribution < -0.4 is 4.74 Å². The molecule has 0 aromatic heterocycles. The van der Waals surface area contributed by atoms with E-state index < -0.39 is 11.8 Å². The summed E-state index contributed by atoms with van der Waals surface area (Å²) in [5.41, 5.74) is 1.48. The van der Waals surface area contributed by atoms with Crippen molar-refractivity contribution < 1.29 is 28.7 Å². The number of amides is 2. The molecular weight excluding hydrogens is 362 g/mol. The van der Waals surface area contributed by atoms with Crippen molar-refractivity contribution in [1.29, 1.82) is 0 Å². The lowest BCUT2D eigenvalue weighted by atomic mass is 10.1. The van der Waals surface area contributed by atoms with Crippen LogP contribution in [0.15, 0.2) is 48.5 Å². The summed E-state index contributed by atoms with van der Waals surface area (Å²) < 4.78 is 10.4. The molecule has 7 heteroatoms. The largest absolute Gasteiger partial charge is 0.494 e. The van der Waals surface area contributed by atoms with Crippen LogP contribution >= 0.6 is 0 Å². The minimum absolute atomic E-state index is 0.0780. The van der Waals surface area contributed by atoms with Crippen LogP contribution in [0.3, 0.4) is 0 Å². The van der Waals surface area contributed by atoms with E-state index in [0.717, 1.165) is 10.6 Å². The summed E-state index contributed by atoms with van der Waals surface area (Å²) in [5, 5.41) is 0.796. The first kappa shape index (κ1) is 19.6. The van der Waals surface area contributed by atoms with Crippen LogP contribution in [0, 0.1) is 0 Å². The van der Waals surface area contributed by atoms with Crippen LogP contribution in [0.1, 0.15) is 46.0 Å². The van der Waals surface area contributed by atoms with Crippen LogP contribution in [-0.4, -0.2) is 36.1 Å². The number of imide groups is 1. The fraction of sp³-hybridized carbons (Fsp3) is 0.286. The number of hydrogen-bond acceptors (Lipinski definition) is 6. The highest BCUT2D eigenvalue weighted by atomic mass is 16.7. The molecule has 3 rings (SSSR count). The highest BCUT2D eigenvalue weighted by molar-refractivity contribution is 6.20. The summed E-state index contributed by atoms with van der Waals surface area (Å²) in [5.74, 6) is -0.482. The highest BCUT2D eigenvalue weighted by Gasteiger charge is 2.36. The van der Waals surface area contributed by atoms with Gasteiger partial charge in [-0.3, -0.25) is 19.2 Å². The summed E-state index contributed by atoms with van der Waals surface area (Å²) in [6, 6.07) is 13.7. The van der Waals surface area contributed by atoms with Gasteiger partial charge in [0.2, 0.25) is 0 Å². The first-order valence-corrected chi connectivity index (χ1v) is 9.08. The molecular formula is C21H21NO6. The molecule has 2 aromatic rings. The Kier molecular flexibility index (Phi) is 6.39. The maximum absolute atomic E-state index is 12.2. The standard InChI is InChI=1S/C21H21NO6/c1-2-26-19(23)8-5-13-27-16-11-9-15(10-12-16)14-28-22-20(24)17-6-3-4-7-18(17)21(22)25/h3-4,6-7,9-12H,2,5,8,13-14H2,1H3. The minimum atomic E-state index is -0.456. The molecule has 0 saturated heterocycles. The molecule has 0 atom stereocenters. The van der Waals surface area contributed by atoms with Gasteiger partial charge in [0.25, 0.3) is 11.8 Å². The van der Waals surface area contributed by atoms with E-state index in [4.69, 9.17) is 14.3 Å². The quantitative estimate of drug-likeness (QED) is 0.376. The second-order valence-electron chi connectivity index (χ2n) is 6.12. The summed E-state index contributed by atoms with van der Waals surface area (Å²) in [6.07, 6.45) is 0.892. The molecule has 0 unspecified atom stereocenters. The minimum Gasteiger partial charge on any atom is -0.494 e. The van der Waals surface area contributed by atoms with Crippen LogP contribution in [0.2, 0.25) is 0 Å². The van der Waals surface area contributed by atoms with Gasteiger partial charge in [-0.25, -0.2) is 0 Å². The van der Waals surface area contributed by atoms with Crippen molar-refractivity contribution in [3.05, 3.63) is 65.2 Å². The third-order valence-electron chi connectivity index (χ3n) is 4.14. The molecule has 0 radical (unpaired) electrons. The molecule has 1 aliphatic heterocycles. The number of hydroxylamine groups is 2. The first-order valence-electron chi connectivity index (χ1n) is 9.08. The molecule has 28 heavy (non-hydrogen) atoms. The van der Waals surface area contributed by atoms with Gasteiger partial charge >= 0.3 is 5.97 Å². The fourth-order valence-corrected chi connectivity index (χ4v) is 2.75. The SMILES string of the molecule is CCOC(=O)CCCOc1ccc(CON2C(=O)c3ccccc3C2=O)cc1. The number of carbonyl (C=O) groups is 3. The zero-order chi connectivity index (χ0) is 19.9. The van der Waals surface area contributed by atoms with E-state index >= 15 is 0 Å². The third-order valence-corrected chi connectivity index (χ3v) is 4.14. The molecule has 1 heterocycles. The molecule has 0 aliphatic carbocycles. The summed E-state index contributed by atoms with van der Waals surface area (Å²) in [6.45, 7) is 2.64. The molecule has 0 saturated carbocycles. The molecule has 0 bridgehead atoms. The van der Waals surface area contributed by atoms with Crippen LogP contribution in [0.25, 0.3) is 0 Å². The summed E-state index contributed by atoms with van der Waals surface area (Å²) in [7, 11) is 0. The number of benzene rings is 2. The highest BCUT2D eigenvalue weighted by Crippen LogP contribution is 2.23. The van der Waals surface area contributed by atoms with E-state index in [-0.39, 0.29) is 12.6 Å². The average Bonchev–Trinajstić information content (AvgIpc) is 2.95. The van der Waals surface area contributed by atoms with E-state index in [1.807, 2.05) is 0 Å². The Morgan fingerprint density at radius 2 is 1.61 bits per heavy atom. The maximum atomic E-state index is 12.2. The monoisotopic (exact) mass is 383 g/mol. The molecule has 1 aliphatic rings. The number of rotatable bonds is 9. The van der Waals surface area contributed by atoms with Crippen LogP contribution in [0.4, 0.5) is 0 Å². The van der Waals surface area contributed by atoms with Crippen molar-refractivity contribution in [2.75, 3.05) is 13.2 Å². The van der Waals surface area contributed by atoms with Gasteiger partial charge in [0.05, 0.1) is 24.3 Å². The number of carbonyl (C=O) groups excluding carboxylic acids is 3. The fourth-order valence-electron chi connectivity index (χ4n) is 2.75. The number of fused-ring (bicyclic) bond motifs is 1. The van der Waals surface area contributed by atoms with E-state index in [2.05, 4.69) is 0 Å². The van der Waals surface area contributed by atoms with E-state index in [1.165, 1.54) is 0 Å². The Labute approximate surface area is 162 Å². The van der Waals surface area contributed by atoms with Crippen molar-refractivity contribution in [1.82, 2.24) is 5.06 Å². The van der Waals surface area contributed by atoms with E-state index in [1.54, 1.807) is 55.5 Å². The molecule has 0 spiro atoms. The van der Waals surface area contributed by atoms with E-state index in [9.17, 15) is 14.4 Å². The predicted molar refractivity (Wildman–Crippen MR) is 99.5 cm³/mol. The Bertz CT molecular complexity index is 826.